The summed E-state index contributed by atoms with van der Waals surface area (Å²) < 4.78 is 10.4. The molecular weight excluding hydrogens is 356 g/mol. The van der Waals surface area contributed by atoms with E-state index >= 15 is 0 Å². The van der Waals surface area contributed by atoms with Crippen molar-refractivity contribution in [3.63, 3.8) is 0 Å². The van der Waals surface area contributed by atoms with Crippen molar-refractivity contribution < 1.29 is 19.1 Å². The molecule has 0 unspecified atom stereocenters. The van der Waals surface area contributed by atoms with E-state index in [9.17, 15) is 9.59 Å². The number of likely N-dealkylation sites (tertiary alicyclic amines) is 1. The first kappa shape index (κ1) is 19.7. The van der Waals surface area contributed by atoms with E-state index in [1.54, 1.807) is 31.4 Å². The summed E-state index contributed by atoms with van der Waals surface area (Å²) in [5, 5.41) is 0. The fourth-order valence-electron chi connectivity index (χ4n) is 3.47. The van der Waals surface area contributed by atoms with Crippen molar-refractivity contribution in [2.24, 2.45) is 11.7 Å². The fourth-order valence-corrected chi connectivity index (χ4v) is 3.47. The quantitative estimate of drug-likeness (QED) is 0.798. The lowest BCUT2D eigenvalue weighted by molar-refractivity contribution is -0.119. The molecule has 0 aromatic heterocycles. The molecule has 1 fully saturated rings. The molecule has 6 heteroatoms. The average Bonchev–Trinajstić information content (AvgIpc) is 2.73. The lowest BCUT2D eigenvalue weighted by atomic mass is 9.90. The van der Waals surface area contributed by atoms with Crippen molar-refractivity contribution in [3.05, 3.63) is 59.7 Å². The van der Waals surface area contributed by atoms with Gasteiger partial charge in [0.2, 0.25) is 0 Å². The van der Waals surface area contributed by atoms with E-state index in [2.05, 4.69) is 12.1 Å². The van der Waals surface area contributed by atoms with Gasteiger partial charge < -0.3 is 20.1 Å². The molecule has 0 spiro atoms. The van der Waals surface area contributed by atoms with Gasteiger partial charge in [0.25, 0.3) is 11.8 Å². The monoisotopic (exact) mass is 382 g/mol. The number of hydrogen-bond donors (Lipinski definition) is 1. The van der Waals surface area contributed by atoms with E-state index in [4.69, 9.17) is 15.2 Å². The Morgan fingerprint density at radius 3 is 2.18 bits per heavy atom. The lowest BCUT2D eigenvalue weighted by Crippen LogP contribution is -2.38. The maximum atomic E-state index is 12.7. The summed E-state index contributed by atoms with van der Waals surface area (Å²) in [6.07, 6.45) is 3.02. The molecule has 148 valence electrons. The molecule has 0 radical (unpaired) electrons. The molecule has 1 heterocycles. The number of carbonyl (C=O) groups excluding carboxylic acids is 2. The van der Waals surface area contributed by atoms with Crippen molar-refractivity contribution in [3.8, 4) is 11.5 Å². The minimum absolute atomic E-state index is 0.0318. The molecule has 6 nitrogen and oxygen atoms in total. The van der Waals surface area contributed by atoms with Gasteiger partial charge in [0.1, 0.15) is 11.5 Å². The number of nitrogens with two attached hydrogens (primary N) is 1. The zero-order valence-electron chi connectivity index (χ0n) is 16.1. The third-order valence-corrected chi connectivity index (χ3v) is 5.07. The maximum Gasteiger partial charge on any atom is 0.255 e. The maximum absolute atomic E-state index is 12.7. The normalized spacial score (nSPS) is 14.5. The highest BCUT2D eigenvalue weighted by Gasteiger charge is 2.23. The summed E-state index contributed by atoms with van der Waals surface area (Å²) in [7, 11) is 1.67. The SMILES string of the molecule is COc1ccc(CC2CCN(C(=O)c3ccc(OCC(N)=O)cc3)CC2)cc1. The Morgan fingerprint density at radius 2 is 1.61 bits per heavy atom. The molecular formula is C22H26N2O4. The van der Waals surface area contributed by atoms with Crippen LogP contribution < -0.4 is 15.2 Å². The summed E-state index contributed by atoms with van der Waals surface area (Å²) in [5.74, 6) is 1.48. The highest BCUT2D eigenvalue weighted by Crippen LogP contribution is 2.24. The van der Waals surface area contributed by atoms with Crippen LogP contribution in [0.2, 0.25) is 0 Å². The number of ether oxygens (including phenoxy) is 2. The Balaban J connectivity index is 1.49. The number of amides is 2. The minimum atomic E-state index is -0.530. The lowest BCUT2D eigenvalue weighted by Gasteiger charge is -2.32. The van der Waals surface area contributed by atoms with E-state index in [-0.39, 0.29) is 12.5 Å². The number of piperidine rings is 1. The van der Waals surface area contributed by atoms with Gasteiger partial charge in [-0.1, -0.05) is 12.1 Å². The van der Waals surface area contributed by atoms with Gasteiger partial charge in [0.15, 0.2) is 6.61 Å². The predicted octanol–water partition coefficient (Wildman–Crippen LogP) is 2.65. The number of carbonyl (C=O) groups is 2. The second kappa shape index (κ2) is 9.26. The van der Waals surface area contributed by atoms with Crippen molar-refractivity contribution >= 4 is 11.8 Å². The van der Waals surface area contributed by atoms with Crippen LogP contribution in [0.25, 0.3) is 0 Å². The van der Waals surface area contributed by atoms with Gasteiger partial charge >= 0.3 is 0 Å². The van der Waals surface area contributed by atoms with Crippen molar-refractivity contribution in [2.45, 2.75) is 19.3 Å². The Hall–Kier alpha value is -3.02. The van der Waals surface area contributed by atoms with Crippen LogP contribution in [0.1, 0.15) is 28.8 Å². The molecule has 2 N–H and O–H groups in total. The van der Waals surface area contributed by atoms with E-state index in [1.165, 1.54) is 5.56 Å². The van der Waals surface area contributed by atoms with E-state index < -0.39 is 5.91 Å². The predicted molar refractivity (Wildman–Crippen MR) is 106 cm³/mol. The number of primary amides is 1. The van der Waals surface area contributed by atoms with Crippen LogP contribution in [-0.2, 0) is 11.2 Å². The zero-order valence-corrected chi connectivity index (χ0v) is 16.1. The van der Waals surface area contributed by atoms with E-state index in [0.29, 0.717) is 17.2 Å². The highest BCUT2D eigenvalue weighted by molar-refractivity contribution is 5.94. The molecule has 0 bridgehead atoms. The molecule has 2 aromatic rings. The first-order valence-corrected chi connectivity index (χ1v) is 9.48. The van der Waals surface area contributed by atoms with Gasteiger partial charge in [0, 0.05) is 18.7 Å². The molecule has 1 aliphatic rings. The highest BCUT2D eigenvalue weighted by atomic mass is 16.5. The van der Waals surface area contributed by atoms with Crippen molar-refractivity contribution in [2.75, 3.05) is 26.8 Å². The molecule has 2 amide bonds. The fraction of sp³-hybridized carbons (Fsp3) is 0.364. The van der Waals surface area contributed by atoms with Gasteiger partial charge in [0.05, 0.1) is 7.11 Å². The van der Waals surface area contributed by atoms with Crippen LogP contribution in [-0.4, -0.2) is 43.5 Å². The molecule has 0 atom stereocenters. The molecule has 1 saturated heterocycles. The average molecular weight is 382 g/mol. The zero-order chi connectivity index (χ0) is 19.9. The summed E-state index contributed by atoms with van der Waals surface area (Å²) in [6, 6.07) is 15.0. The van der Waals surface area contributed by atoms with Gasteiger partial charge in [-0.3, -0.25) is 9.59 Å². The summed E-state index contributed by atoms with van der Waals surface area (Å²) in [5.41, 5.74) is 6.99. The number of methoxy groups -OCH3 is 1. The van der Waals surface area contributed by atoms with Crippen LogP contribution >= 0.6 is 0 Å². The largest absolute Gasteiger partial charge is 0.497 e. The Kier molecular flexibility index (Phi) is 6.53. The molecule has 28 heavy (non-hydrogen) atoms. The molecule has 1 aliphatic heterocycles. The smallest absolute Gasteiger partial charge is 0.255 e. The van der Waals surface area contributed by atoms with Gasteiger partial charge in [-0.05, 0) is 67.1 Å². The molecule has 0 aliphatic carbocycles. The first-order valence-electron chi connectivity index (χ1n) is 9.48. The van der Waals surface area contributed by atoms with Crippen LogP contribution in [0.4, 0.5) is 0 Å². The second-order valence-electron chi connectivity index (χ2n) is 7.07. The Morgan fingerprint density at radius 1 is 1.00 bits per heavy atom. The van der Waals surface area contributed by atoms with Gasteiger partial charge in [-0.2, -0.15) is 0 Å². The van der Waals surface area contributed by atoms with Crippen LogP contribution in [0, 0.1) is 5.92 Å². The Bertz CT molecular complexity index is 794. The second-order valence-corrected chi connectivity index (χ2v) is 7.07. The Labute approximate surface area is 165 Å². The van der Waals surface area contributed by atoms with E-state index in [1.807, 2.05) is 17.0 Å². The topological polar surface area (TPSA) is 81.9 Å². The summed E-state index contributed by atoms with van der Waals surface area (Å²) in [6.45, 7) is 1.36. The third-order valence-electron chi connectivity index (χ3n) is 5.07. The standard InChI is InChI=1S/C22H26N2O4/c1-27-19-6-2-16(3-7-19)14-17-10-12-24(13-11-17)22(26)18-4-8-20(9-5-18)28-15-21(23)25/h2-9,17H,10-15H2,1H3,(H2,23,25). The van der Waals surface area contributed by atoms with Crippen LogP contribution in [0.3, 0.4) is 0 Å². The van der Waals surface area contributed by atoms with Crippen molar-refractivity contribution in [1.82, 2.24) is 4.90 Å². The van der Waals surface area contributed by atoms with Crippen LogP contribution in [0.5, 0.6) is 11.5 Å². The van der Waals surface area contributed by atoms with Crippen molar-refractivity contribution in [1.29, 1.82) is 0 Å². The summed E-state index contributed by atoms with van der Waals surface area (Å²) >= 11 is 0. The third kappa shape index (κ3) is 5.25. The van der Waals surface area contributed by atoms with E-state index in [0.717, 1.165) is 38.1 Å². The number of rotatable bonds is 7. The molecule has 2 aromatic carbocycles. The molecule has 3 rings (SSSR count). The number of nitrogens with zero attached hydrogens (tertiary/aromatic N) is 1. The van der Waals surface area contributed by atoms with Gasteiger partial charge in [-0.25, -0.2) is 0 Å². The number of hydrogen-bond acceptors (Lipinski definition) is 4. The van der Waals surface area contributed by atoms with Gasteiger partial charge in [-0.15, -0.1) is 0 Å². The summed E-state index contributed by atoms with van der Waals surface area (Å²) in [4.78, 5) is 25.4. The molecule has 0 saturated carbocycles. The van der Waals surface area contributed by atoms with Crippen LogP contribution in [0.15, 0.2) is 48.5 Å². The minimum Gasteiger partial charge on any atom is -0.497 e. The first-order chi connectivity index (χ1) is 13.5. The number of benzene rings is 2.